The fourth-order valence-corrected chi connectivity index (χ4v) is 4.27. The maximum Gasteiger partial charge on any atom is 0.534 e. The first-order valence-electron chi connectivity index (χ1n) is 8.52. The van der Waals surface area contributed by atoms with E-state index in [1.807, 2.05) is 0 Å². The maximum atomic E-state index is 12.8. The molecule has 1 heterocycles. The fourth-order valence-electron chi connectivity index (χ4n) is 2.60. The topological polar surface area (TPSA) is 121 Å². The van der Waals surface area contributed by atoms with Gasteiger partial charge in [-0.3, -0.25) is 9.71 Å². The van der Waals surface area contributed by atoms with Crippen LogP contribution in [0.5, 0.6) is 17.2 Å². The van der Waals surface area contributed by atoms with Gasteiger partial charge in [0.2, 0.25) is 0 Å². The Hall–Kier alpha value is -3.26. The molecule has 3 aromatic rings. The van der Waals surface area contributed by atoms with Crippen LogP contribution in [0, 0.1) is 0 Å². The van der Waals surface area contributed by atoms with E-state index in [0.717, 1.165) is 12.1 Å². The zero-order chi connectivity index (χ0) is 23.7. The van der Waals surface area contributed by atoms with Crippen molar-refractivity contribution in [2.75, 3.05) is 18.9 Å². The molecule has 2 aromatic carbocycles. The van der Waals surface area contributed by atoms with Crippen LogP contribution in [0.3, 0.4) is 0 Å². The number of nitrogens with zero attached hydrogens (tertiary/aromatic N) is 1. The van der Waals surface area contributed by atoms with Crippen molar-refractivity contribution in [3.05, 3.63) is 48.7 Å². The molecule has 0 aliphatic carbocycles. The Morgan fingerprint density at radius 3 is 2.22 bits per heavy atom. The van der Waals surface area contributed by atoms with Crippen LogP contribution >= 0.6 is 0 Å². The number of fused-ring (bicyclic) bond motifs is 1. The quantitative estimate of drug-likeness (QED) is 0.394. The summed E-state index contributed by atoms with van der Waals surface area (Å²) in [6.45, 7) is 0. The van der Waals surface area contributed by atoms with Gasteiger partial charge in [-0.15, -0.1) is 0 Å². The lowest BCUT2D eigenvalue weighted by molar-refractivity contribution is -0.0500. The fraction of sp³-hybridized carbons (Fsp3) is 0.167. The number of halogens is 3. The summed E-state index contributed by atoms with van der Waals surface area (Å²) in [5.74, 6) is -0.318. The zero-order valence-electron chi connectivity index (χ0n) is 16.4. The van der Waals surface area contributed by atoms with Gasteiger partial charge in [0.05, 0.1) is 31.6 Å². The number of alkyl halides is 3. The second kappa shape index (κ2) is 8.35. The van der Waals surface area contributed by atoms with Crippen molar-refractivity contribution in [2.24, 2.45) is 0 Å². The third kappa shape index (κ3) is 4.80. The molecule has 0 saturated heterocycles. The third-order valence-corrected chi connectivity index (χ3v) is 6.44. The van der Waals surface area contributed by atoms with Crippen molar-refractivity contribution < 1.29 is 43.7 Å². The SMILES string of the molecule is COc1ccc(OC)c(S(=O)(=O)Nc2cnc3ccc(OS(=O)(=O)C(F)(F)F)cc3c2)c1. The van der Waals surface area contributed by atoms with Crippen molar-refractivity contribution in [2.45, 2.75) is 10.4 Å². The van der Waals surface area contributed by atoms with Crippen LogP contribution < -0.4 is 18.4 Å². The van der Waals surface area contributed by atoms with Crippen LogP contribution in [0.4, 0.5) is 18.9 Å². The van der Waals surface area contributed by atoms with Gasteiger partial charge in [-0.25, -0.2) is 8.42 Å². The molecule has 32 heavy (non-hydrogen) atoms. The number of pyridine rings is 1. The maximum absolute atomic E-state index is 12.8. The van der Waals surface area contributed by atoms with Crippen LogP contribution in [-0.4, -0.2) is 41.5 Å². The number of hydrogen-bond acceptors (Lipinski definition) is 8. The Kier molecular flexibility index (Phi) is 6.11. The van der Waals surface area contributed by atoms with E-state index in [-0.39, 0.29) is 33.0 Å². The molecule has 0 spiro atoms. The molecule has 0 atom stereocenters. The molecule has 172 valence electrons. The van der Waals surface area contributed by atoms with Gasteiger partial charge in [-0.1, -0.05) is 0 Å². The second-order valence-electron chi connectivity index (χ2n) is 6.18. The summed E-state index contributed by atoms with van der Waals surface area (Å²) in [4.78, 5) is 3.78. The lowest BCUT2D eigenvalue weighted by atomic mass is 10.2. The highest BCUT2D eigenvalue weighted by atomic mass is 32.2. The molecule has 0 unspecified atom stereocenters. The number of rotatable bonds is 7. The first-order valence-corrected chi connectivity index (χ1v) is 11.4. The summed E-state index contributed by atoms with van der Waals surface area (Å²) in [7, 11) is -7.41. The standard InChI is InChI=1S/C18H15F3N2O7S2/c1-28-13-4-6-16(29-2)17(9-13)31(24,25)23-12-7-11-8-14(3-5-15(11)22-10-12)30-32(26,27)18(19,20)21/h3-10,23H,1-2H3. The van der Waals surface area contributed by atoms with Gasteiger partial charge >= 0.3 is 15.6 Å². The molecule has 0 aliphatic rings. The van der Waals surface area contributed by atoms with Crippen LogP contribution in [0.15, 0.2) is 53.6 Å². The minimum atomic E-state index is -5.87. The molecule has 0 aliphatic heterocycles. The molecule has 3 rings (SSSR count). The molecule has 0 fully saturated rings. The van der Waals surface area contributed by atoms with Gasteiger partial charge < -0.3 is 13.7 Å². The van der Waals surface area contributed by atoms with E-state index >= 15 is 0 Å². The van der Waals surface area contributed by atoms with Crippen molar-refractivity contribution in [1.82, 2.24) is 4.98 Å². The van der Waals surface area contributed by atoms with Crippen molar-refractivity contribution >= 4 is 36.7 Å². The van der Waals surface area contributed by atoms with Crippen LogP contribution in [0.2, 0.25) is 0 Å². The first kappa shape index (κ1) is 23.4. The van der Waals surface area contributed by atoms with E-state index in [0.29, 0.717) is 0 Å². The Bertz CT molecular complexity index is 1380. The van der Waals surface area contributed by atoms with Crippen LogP contribution in [0.1, 0.15) is 0 Å². The number of benzene rings is 2. The molecule has 1 N–H and O–H groups in total. The number of aromatic nitrogens is 1. The number of methoxy groups -OCH3 is 2. The molecule has 0 amide bonds. The largest absolute Gasteiger partial charge is 0.534 e. The van der Waals surface area contributed by atoms with Crippen LogP contribution in [0.25, 0.3) is 10.9 Å². The van der Waals surface area contributed by atoms with Gasteiger partial charge in [-0.05, 0) is 36.4 Å². The van der Waals surface area contributed by atoms with Gasteiger partial charge in [0, 0.05) is 11.5 Å². The van der Waals surface area contributed by atoms with E-state index in [1.165, 1.54) is 50.7 Å². The highest BCUT2D eigenvalue weighted by Gasteiger charge is 2.48. The highest BCUT2D eigenvalue weighted by molar-refractivity contribution is 7.92. The van der Waals surface area contributed by atoms with E-state index in [2.05, 4.69) is 13.9 Å². The number of ether oxygens (including phenoxy) is 2. The van der Waals surface area contributed by atoms with Gasteiger partial charge in [0.15, 0.2) is 0 Å². The summed E-state index contributed by atoms with van der Waals surface area (Å²) in [6.07, 6.45) is 1.18. The van der Waals surface area contributed by atoms with E-state index in [4.69, 9.17) is 9.47 Å². The Labute approximate surface area is 180 Å². The average molecular weight is 492 g/mol. The molecule has 14 heteroatoms. The zero-order valence-corrected chi connectivity index (χ0v) is 18.0. The number of sulfonamides is 1. The van der Waals surface area contributed by atoms with Crippen LogP contribution in [-0.2, 0) is 20.1 Å². The summed E-state index contributed by atoms with van der Waals surface area (Å²) < 4.78 is 102. The average Bonchev–Trinajstić information content (AvgIpc) is 2.71. The van der Waals surface area contributed by atoms with E-state index < -0.39 is 31.4 Å². The summed E-state index contributed by atoms with van der Waals surface area (Å²) >= 11 is 0. The smallest absolute Gasteiger partial charge is 0.497 e. The molecular formula is C18H15F3N2O7S2. The van der Waals surface area contributed by atoms with Crippen molar-refractivity contribution in [3.63, 3.8) is 0 Å². The molecule has 0 bridgehead atoms. The number of nitrogens with one attached hydrogen (secondary N) is 1. The number of anilines is 1. The van der Waals surface area contributed by atoms with Gasteiger partial charge in [-0.2, -0.15) is 21.6 Å². The lowest BCUT2D eigenvalue weighted by Gasteiger charge is -2.13. The third-order valence-electron chi connectivity index (χ3n) is 4.05. The summed E-state index contributed by atoms with van der Waals surface area (Å²) in [5.41, 5.74) is -5.39. The first-order chi connectivity index (χ1) is 14.9. The minimum Gasteiger partial charge on any atom is -0.497 e. The predicted octanol–water partition coefficient (Wildman–Crippen LogP) is 3.28. The Balaban J connectivity index is 1.96. The number of hydrogen-bond donors (Lipinski definition) is 1. The monoisotopic (exact) mass is 492 g/mol. The lowest BCUT2D eigenvalue weighted by Crippen LogP contribution is -2.28. The molecule has 0 radical (unpaired) electrons. The molecule has 1 aromatic heterocycles. The summed E-state index contributed by atoms with van der Waals surface area (Å²) in [6, 6.07) is 8.59. The normalized spacial score (nSPS) is 12.4. The Morgan fingerprint density at radius 1 is 0.906 bits per heavy atom. The van der Waals surface area contributed by atoms with E-state index in [9.17, 15) is 30.0 Å². The molecule has 9 nitrogen and oxygen atoms in total. The highest BCUT2D eigenvalue weighted by Crippen LogP contribution is 2.31. The predicted molar refractivity (Wildman–Crippen MR) is 108 cm³/mol. The Morgan fingerprint density at radius 2 is 1.59 bits per heavy atom. The van der Waals surface area contributed by atoms with E-state index in [1.54, 1.807) is 0 Å². The minimum absolute atomic E-state index is 0.0418. The molecule has 0 saturated carbocycles. The van der Waals surface area contributed by atoms with Crippen molar-refractivity contribution in [3.8, 4) is 17.2 Å². The summed E-state index contributed by atoms with van der Waals surface area (Å²) in [5, 5.41) is 0.123. The van der Waals surface area contributed by atoms with Gasteiger partial charge in [0.25, 0.3) is 10.0 Å². The van der Waals surface area contributed by atoms with Gasteiger partial charge in [0.1, 0.15) is 22.1 Å². The van der Waals surface area contributed by atoms with Crippen molar-refractivity contribution in [1.29, 1.82) is 0 Å². The second-order valence-corrected chi connectivity index (χ2v) is 9.37. The molecular weight excluding hydrogens is 477 g/mol.